The lowest BCUT2D eigenvalue weighted by atomic mass is 9.97. The molecule has 0 N–H and O–H groups in total. The van der Waals surface area contributed by atoms with Gasteiger partial charge in [-0.1, -0.05) is 48.5 Å². The van der Waals surface area contributed by atoms with Crippen molar-refractivity contribution in [2.24, 2.45) is 0 Å². The Hall–Kier alpha value is -9.11. The van der Waals surface area contributed by atoms with Crippen molar-refractivity contribution >= 4 is 43.6 Å². The van der Waals surface area contributed by atoms with Crippen molar-refractivity contribution in [3.63, 3.8) is 0 Å². The van der Waals surface area contributed by atoms with E-state index in [2.05, 4.69) is 39.9 Å². The zero-order valence-electron chi connectivity index (χ0n) is 35.4. The Bertz CT molecular complexity index is 3760. The van der Waals surface area contributed by atoms with Crippen molar-refractivity contribution in [3.05, 3.63) is 193 Å². The van der Waals surface area contributed by atoms with Crippen LogP contribution in [0.3, 0.4) is 0 Å². The molecular weight excluding hydrogens is 872 g/mol. The van der Waals surface area contributed by atoms with E-state index < -0.39 is 34.6 Å². The predicted molar refractivity (Wildman–Crippen MR) is 249 cm³/mol. The van der Waals surface area contributed by atoms with Gasteiger partial charge in [0.2, 0.25) is 5.82 Å². The van der Waals surface area contributed by atoms with Crippen molar-refractivity contribution in [1.29, 1.82) is 0 Å². The molecule has 6 aromatic carbocycles. The Labute approximate surface area is 381 Å². The van der Waals surface area contributed by atoms with Crippen LogP contribution in [0.1, 0.15) is 5.56 Å². The Morgan fingerprint density at radius 2 is 0.632 bits per heavy atom. The van der Waals surface area contributed by atoms with E-state index in [0.717, 1.165) is 21.5 Å². The normalized spacial score (nSPS) is 11.7. The van der Waals surface area contributed by atoms with Gasteiger partial charge < -0.3 is 9.13 Å². The second-order valence-corrected chi connectivity index (χ2v) is 16.0. The topological polar surface area (TPSA) is 113 Å². The van der Waals surface area contributed by atoms with Crippen LogP contribution >= 0.6 is 0 Å². The number of benzene rings is 6. The van der Waals surface area contributed by atoms with Gasteiger partial charge >= 0.3 is 0 Å². The van der Waals surface area contributed by atoms with Gasteiger partial charge in [-0.15, -0.1) is 0 Å². The largest absolute Gasteiger partial charge is 0.309 e. The molecule has 12 aromatic rings. The van der Waals surface area contributed by atoms with Crippen LogP contribution in [0.4, 0.5) is 22.0 Å². The fourth-order valence-corrected chi connectivity index (χ4v) is 9.05. The van der Waals surface area contributed by atoms with Crippen molar-refractivity contribution < 1.29 is 22.0 Å². The molecule has 0 radical (unpaired) electrons. The molecule has 6 aromatic heterocycles. The number of hydrogen-bond acceptors (Lipinski definition) is 8. The number of aromatic nitrogens is 10. The lowest BCUT2D eigenvalue weighted by Crippen LogP contribution is -2.08. The molecule has 0 bridgehead atoms. The predicted octanol–water partition coefficient (Wildman–Crippen LogP) is 12.4. The zero-order chi connectivity index (χ0) is 46.2. The quantitative estimate of drug-likeness (QED) is 0.0883. The maximum absolute atomic E-state index is 16.7. The highest BCUT2D eigenvalue weighted by Crippen LogP contribution is 2.45. The van der Waals surface area contributed by atoms with Gasteiger partial charge in [-0.25, -0.2) is 61.8 Å². The number of aryl methyl sites for hydroxylation is 1. The highest BCUT2D eigenvalue weighted by atomic mass is 19.2. The molecule has 0 aliphatic rings. The molecule has 0 amide bonds. The Morgan fingerprint density at radius 1 is 0.338 bits per heavy atom. The van der Waals surface area contributed by atoms with Crippen LogP contribution in [0.25, 0.3) is 112 Å². The van der Waals surface area contributed by atoms with Crippen LogP contribution in [0.15, 0.2) is 159 Å². The first-order valence-electron chi connectivity index (χ1n) is 21.2. The Morgan fingerprint density at radius 3 is 0.956 bits per heavy atom. The van der Waals surface area contributed by atoms with Gasteiger partial charge in [0, 0.05) is 105 Å². The van der Waals surface area contributed by atoms with Gasteiger partial charge in [0.15, 0.2) is 46.6 Å². The van der Waals surface area contributed by atoms with Crippen molar-refractivity contribution in [2.45, 2.75) is 6.92 Å². The Kier molecular flexibility index (Phi) is 9.39. The molecule has 10 nitrogen and oxygen atoms in total. The fourth-order valence-electron chi connectivity index (χ4n) is 9.05. The number of rotatable bonds is 7. The molecule has 0 unspecified atom stereocenters. The molecule has 0 atom stereocenters. The third-order valence-corrected chi connectivity index (χ3v) is 12.1. The van der Waals surface area contributed by atoms with Gasteiger partial charge in [-0.3, -0.25) is 0 Å². The molecule has 0 fully saturated rings. The van der Waals surface area contributed by atoms with Crippen LogP contribution in [0.2, 0.25) is 0 Å². The average Bonchev–Trinajstić information content (AvgIpc) is 3.89. The monoisotopic (exact) mass is 900 g/mol. The molecule has 12 rings (SSSR count). The maximum Gasteiger partial charge on any atom is 0.200 e. The van der Waals surface area contributed by atoms with E-state index in [1.807, 2.05) is 84.3 Å². The second kappa shape index (κ2) is 15.8. The number of halogens is 5. The van der Waals surface area contributed by atoms with Crippen LogP contribution < -0.4 is 0 Å². The van der Waals surface area contributed by atoms with Gasteiger partial charge in [0.1, 0.15) is 0 Å². The molecule has 0 aliphatic heterocycles. The lowest BCUT2D eigenvalue weighted by molar-refractivity contribution is 0.381. The van der Waals surface area contributed by atoms with Crippen molar-refractivity contribution in [3.8, 4) is 68.1 Å². The summed E-state index contributed by atoms with van der Waals surface area (Å²) in [5.74, 6) is -8.73. The van der Waals surface area contributed by atoms with Crippen LogP contribution in [0.5, 0.6) is 0 Å². The first kappa shape index (κ1) is 40.4. The van der Waals surface area contributed by atoms with Gasteiger partial charge in [0.25, 0.3) is 0 Å². The summed E-state index contributed by atoms with van der Waals surface area (Å²) in [5, 5.41) is 3.04. The first-order valence-corrected chi connectivity index (χ1v) is 21.2. The summed E-state index contributed by atoms with van der Waals surface area (Å²) in [6.07, 6.45) is 13.0. The SMILES string of the molecule is Cc1cc(-n2c3cc(-c4ncccn4)ccc3c3ccc(-c4ncccn4)cc32)c(-c2c(F)c(F)c(F)c(F)c2F)cc1-n1c2cc(-c3ncccn3)ccc2c2ccc(-c3ncccn3)cc21. The summed E-state index contributed by atoms with van der Waals surface area (Å²) in [4.78, 5) is 35.8. The average molecular weight is 901 g/mol. The van der Waals surface area contributed by atoms with E-state index in [1.54, 1.807) is 84.5 Å². The van der Waals surface area contributed by atoms with E-state index in [0.29, 0.717) is 78.9 Å². The molecule has 0 saturated carbocycles. The van der Waals surface area contributed by atoms with Gasteiger partial charge in [0.05, 0.1) is 33.3 Å². The minimum atomic E-state index is -2.27. The number of fused-ring (bicyclic) bond motifs is 6. The third-order valence-electron chi connectivity index (χ3n) is 12.1. The zero-order valence-corrected chi connectivity index (χ0v) is 35.4. The van der Waals surface area contributed by atoms with Crippen LogP contribution in [-0.2, 0) is 0 Å². The van der Waals surface area contributed by atoms with Crippen molar-refractivity contribution in [2.75, 3.05) is 0 Å². The third kappa shape index (κ3) is 6.38. The minimum Gasteiger partial charge on any atom is -0.309 e. The Balaban J connectivity index is 1.22. The van der Waals surface area contributed by atoms with Crippen molar-refractivity contribution in [1.82, 2.24) is 49.0 Å². The van der Waals surface area contributed by atoms with Crippen LogP contribution in [-0.4, -0.2) is 49.0 Å². The number of hydrogen-bond donors (Lipinski definition) is 0. The standard InChI is InChI=1S/C53H29F5N10/c1-28-22-39(68-42-25-31(52-63-18-4-19-64-52)8-12-35(42)36-13-9-32(26-43(36)68)53-65-20-5-21-66-53)37(44-45(54)47(56)49(58)48(57)46(44)55)27-38(28)67-40-23-29(50-59-14-2-15-60-50)6-10-33(40)34-11-7-30(24-41(34)67)51-61-16-3-17-62-51/h2-27H,1H3. The summed E-state index contributed by atoms with van der Waals surface area (Å²) in [6, 6.07) is 32.6. The molecule has 326 valence electrons. The van der Waals surface area contributed by atoms with E-state index in [9.17, 15) is 4.39 Å². The highest BCUT2D eigenvalue weighted by molar-refractivity contribution is 6.13. The fraction of sp³-hybridized carbons (Fsp3) is 0.0189. The maximum atomic E-state index is 16.7. The molecule has 0 spiro atoms. The van der Waals surface area contributed by atoms with E-state index in [-0.39, 0.29) is 11.3 Å². The molecule has 68 heavy (non-hydrogen) atoms. The summed E-state index contributed by atoms with van der Waals surface area (Å²) < 4.78 is 83.2. The molecular formula is C53H29F5N10. The molecule has 15 heteroatoms. The molecule has 0 aliphatic carbocycles. The molecule has 6 heterocycles. The minimum absolute atomic E-state index is 0.115. The van der Waals surface area contributed by atoms with Gasteiger partial charge in [-0.05, 0) is 73.2 Å². The van der Waals surface area contributed by atoms with E-state index in [1.165, 1.54) is 6.07 Å². The van der Waals surface area contributed by atoms with Gasteiger partial charge in [-0.2, -0.15) is 0 Å². The van der Waals surface area contributed by atoms with Crippen LogP contribution in [0, 0.1) is 36.0 Å². The summed E-state index contributed by atoms with van der Waals surface area (Å²) in [5.41, 5.74) is 4.59. The van der Waals surface area contributed by atoms with E-state index >= 15 is 17.6 Å². The first-order chi connectivity index (χ1) is 33.2. The lowest BCUT2D eigenvalue weighted by Gasteiger charge is -2.21. The number of nitrogens with zero attached hydrogens (tertiary/aromatic N) is 10. The summed E-state index contributed by atoms with van der Waals surface area (Å²) in [6.45, 7) is 1.83. The summed E-state index contributed by atoms with van der Waals surface area (Å²) >= 11 is 0. The second-order valence-electron chi connectivity index (χ2n) is 16.0. The molecule has 0 saturated heterocycles. The van der Waals surface area contributed by atoms with E-state index in [4.69, 9.17) is 0 Å². The highest BCUT2D eigenvalue weighted by Gasteiger charge is 2.31. The smallest absolute Gasteiger partial charge is 0.200 e. The summed E-state index contributed by atoms with van der Waals surface area (Å²) in [7, 11) is 0.